The van der Waals surface area contributed by atoms with Gasteiger partial charge in [-0.1, -0.05) is 12.1 Å². The lowest BCUT2D eigenvalue weighted by Crippen LogP contribution is -2.25. The lowest BCUT2D eigenvalue weighted by atomic mass is 9.96. The fourth-order valence-corrected chi connectivity index (χ4v) is 2.21. The van der Waals surface area contributed by atoms with Gasteiger partial charge in [-0.05, 0) is 30.5 Å². The number of rotatable bonds is 1. The van der Waals surface area contributed by atoms with Crippen LogP contribution in [-0.4, -0.2) is 19.0 Å². The summed E-state index contributed by atoms with van der Waals surface area (Å²) >= 11 is 0. The van der Waals surface area contributed by atoms with Crippen molar-refractivity contribution in [1.29, 1.82) is 0 Å². The van der Waals surface area contributed by atoms with Crippen LogP contribution in [0.15, 0.2) is 12.1 Å². The van der Waals surface area contributed by atoms with Gasteiger partial charge in [0.25, 0.3) is 0 Å². The van der Waals surface area contributed by atoms with Gasteiger partial charge < -0.3 is 10.6 Å². The van der Waals surface area contributed by atoms with Crippen molar-refractivity contribution in [2.75, 3.05) is 13.1 Å². The molecule has 17 heavy (non-hydrogen) atoms. The summed E-state index contributed by atoms with van der Waals surface area (Å²) in [6, 6.07) is 3.58. The Hall–Kier alpha value is -1.42. The van der Waals surface area contributed by atoms with Crippen LogP contribution in [0.5, 0.6) is 0 Å². The molecule has 1 aromatic rings. The zero-order valence-corrected chi connectivity index (χ0v) is 10.1. The quantitative estimate of drug-likeness (QED) is 0.777. The van der Waals surface area contributed by atoms with E-state index >= 15 is 0 Å². The lowest BCUT2D eigenvalue weighted by Gasteiger charge is -2.18. The Morgan fingerprint density at radius 3 is 2.82 bits per heavy atom. The molecular weight excluding hydrogens is 219 g/mol. The second-order valence-electron chi connectivity index (χ2n) is 4.47. The number of aryl methyl sites for hydroxylation is 1. The fraction of sp³-hybridized carbons (Fsp3) is 0.462. The molecule has 2 rings (SSSR count). The molecule has 4 heteroatoms. The Kier molecular flexibility index (Phi) is 3.43. The third kappa shape index (κ3) is 2.47. The van der Waals surface area contributed by atoms with Crippen molar-refractivity contribution in [3.05, 3.63) is 34.6 Å². The maximum absolute atomic E-state index is 13.8. The average Bonchev–Trinajstić information content (AvgIpc) is 2.51. The summed E-state index contributed by atoms with van der Waals surface area (Å²) in [6.07, 6.45) is 0.364. The van der Waals surface area contributed by atoms with Gasteiger partial charge in [0.05, 0.1) is 0 Å². The summed E-state index contributed by atoms with van der Waals surface area (Å²) in [6.45, 7) is 4.86. The van der Waals surface area contributed by atoms with Gasteiger partial charge in [-0.25, -0.2) is 4.39 Å². The van der Waals surface area contributed by atoms with Crippen molar-refractivity contribution in [3.63, 3.8) is 0 Å². The Labute approximate surface area is 100 Å². The van der Waals surface area contributed by atoms with Crippen molar-refractivity contribution < 1.29 is 9.18 Å². The molecule has 0 saturated carbocycles. The first-order valence-electron chi connectivity index (χ1n) is 5.85. The number of hydrogen-bond donors (Lipinski definition) is 2. The molecule has 1 saturated heterocycles. The summed E-state index contributed by atoms with van der Waals surface area (Å²) in [4.78, 5) is 11.5. The fourth-order valence-electron chi connectivity index (χ4n) is 2.21. The Balaban J connectivity index is 2.32. The number of hydrogen-bond acceptors (Lipinski definition) is 2. The Bertz CT molecular complexity index is 445. The molecule has 0 radical (unpaired) electrons. The first-order chi connectivity index (χ1) is 8.09. The summed E-state index contributed by atoms with van der Waals surface area (Å²) < 4.78 is 13.8. The molecule has 1 heterocycles. The van der Waals surface area contributed by atoms with Crippen molar-refractivity contribution in [3.8, 4) is 0 Å². The molecule has 92 valence electrons. The molecule has 0 aromatic heterocycles. The highest BCUT2D eigenvalue weighted by Crippen LogP contribution is 2.25. The summed E-state index contributed by atoms with van der Waals surface area (Å²) in [5, 5.41) is 6.06. The molecule has 1 aliphatic rings. The highest BCUT2D eigenvalue weighted by atomic mass is 19.1. The second-order valence-corrected chi connectivity index (χ2v) is 4.47. The third-order valence-corrected chi connectivity index (χ3v) is 3.22. The number of benzene rings is 1. The zero-order valence-electron chi connectivity index (χ0n) is 10.1. The van der Waals surface area contributed by atoms with Crippen molar-refractivity contribution in [2.45, 2.75) is 26.3 Å². The van der Waals surface area contributed by atoms with Crippen LogP contribution in [0, 0.1) is 19.7 Å². The van der Waals surface area contributed by atoms with Gasteiger partial charge in [0.2, 0.25) is 5.91 Å². The molecule has 3 nitrogen and oxygen atoms in total. The monoisotopic (exact) mass is 236 g/mol. The van der Waals surface area contributed by atoms with Crippen LogP contribution >= 0.6 is 0 Å². The maximum atomic E-state index is 13.8. The van der Waals surface area contributed by atoms with Gasteiger partial charge in [-0.15, -0.1) is 0 Å². The van der Waals surface area contributed by atoms with Crippen LogP contribution in [0.3, 0.4) is 0 Å². The predicted molar refractivity (Wildman–Crippen MR) is 64.2 cm³/mol. The van der Waals surface area contributed by atoms with Crippen LogP contribution in [0.4, 0.5) is 4.39 Å². The molecule has 1 atom stereocenters. The summed E-state index contributed by atoms with van der Waals surface area (Å²) in [5.74, 6) is -0.158. The molecule has 0 bridgehead atoms. The molecule has 1 unspecified atom stereocenters. The van der Waals surface area contributed by atoms with Gasteiger partial charge in [-0.2, -0.15) is 0 Å². The third-order valence-electron chi connectivity index (χ3n) is 3.22. The van der Waals surface area contributed by atoms with Crippen LogP contribution in [0.1, 0.15) is 29.2 Å². The minimum atomic E-state index is -0.172. The van der Waals surface area contributed by atoms with E-state index in [4.69, 9.17) is 0 Å². The minimum Gasteiger partial charge on any atom is -0.355 e. The van der Waals surface area contributed by atoms with E-state index in [1.54, 1.807) is 19.9 Å². The topological polar surface area (TPSA) is 41.1 Å². The molecule has 1 aliphatic heterocycles. The molecule has 2 N–H and O–H groups in total. The SMILES string of the molecule is Cc1ccc(C2CC(=O)NCCN2)c(C)c1F. The normalized spacial score (nSPS) is 20.9. The van der Waals surface area contributed by atoms with Crippen LogP contribution in [0.25, 0.3) is 0 Å². The maximum Gasteiger partial charge on any atom is 0.221 e. The molecule has 1 fully saturated rings. The van der Waals surface area contributed by atoms with E-state index in [-0.39, 0.29) is 17.8 Å². The van der Waals surface area contributed by atoms with Crippen molar-refractivity contribution in [1.82, 2.24) is 10.6 Å². The Morgan fingerprint density at radius 2 is 2.06 bits per heavy atom. The van der Waals surface area contributed by atoms with Crippen LogP contribution in [-0.2, 0) is 4.79 Å². The first-order valence-corrected chi connectivity index (χ1v) is 5.85. The molecule has 0 aliphatic carbocycles. The largest absolute Gasteiger partial charge is 0.355 e. The van der Waals surface area contributed by atoms with E-state index in [0.29, 0.717) is 30.6 Å². The Morgan fingerprint density at radius 1 is 1.29 bits per heavy atom. The summed E-state index contributed by atoms with van der Waals surface area (Å²) in [7, 11) is 0. The van der Waals surface area contributed by atoms with Gasteiger partial charge in [-0.3, -0.25) is 4.79 Å². The van der Waals surface area contributed by atoms with E-state index < -0.39 is 0 Å². The minimum absolute atomic E-state index is 0.0142. The van der Waals surface area contributed by atoms with Gasteiger partial charge in [0.15, 0.2) is 0 Å². The van der Waals surface area contributed by atoms with E-state index in [1.165, 1.54) is 0 Å². The molecule has 0 spiro atoms. The summed E-state index contributed by atoms with van der Waals surface area (Å²) in [5.41, 5.74) is 2.16. The lowest BCUT2D eigenvalue weighted by molar-refractivity contribution is -0.121. The number of amides is 1. The molecular formula is C13H17FN2O. The van der Waals surface area contributed by atoms with Crippen LogP contribution < -0.4 is 10.6 Å². The highest BCUT2D eigenvalue weighted by Gasteiger charge is 2.21. The van der Waals surface area contributed by atoms with E-state index in [1.807, 2.05) is 6.07 Å². The van der Waals surface area contributed by atoms with E-state index in [0.717, 1.165) is 5.56 Å². The van der Waals surface area contributed by atoms with Gasteiger partial charge >= 0.3 is 0 Å². The first kappa shape index (κ1) is 12.0. The number of halogens is 1. The van der Waals surface area contributed by atoms with Crippen molar-refractivity contribution >= 4 is 5.91 Å². The predicted octanol–water partition coefficient (Wildman–Crippen LogP) is 1.59. The smallest absolute Gasteiger partial charge is 0.221 e. The van der Waals surface area contributed by atoms with Crippen molar-refractivity contribution in [2.24, 2.45) is 0 Å². The highest BCUT2D eigenvalue weighted by molar-refractivity contribution is 5.77. The van der Waals surface area contributed by atoms with Crippen LogP contribution in [0.2, 0.25) is 0 Å². The number of carbonyl (C=O) groups excluding carboxylic acids is 1. The van der Waals surface area contributed by atoms with E-state index in [9.17, 15) is 9.18 Å². The zero-order chi connectivity index (χ0) is 12.4. The molecule has 1 amide bonds. The second kappa shape index (κ2) is 4.84. The van der Waals surface area contributed by atoms with Gasteiger partial charge in [0.1, 0.15) is 5.82 Å². The number of nitrogens with one attached hydrogen (secondary N) is 2. The van der Waals surface area contributed by atoms with Gasteiger partial charge in [0, 0.05) is 25.6 Å². The average molecular weight is 236 g/mol. The molecule has 1 aromatic carbocycles. The number of carbonyl (C=O) groups is 1. The standard InChI is InChI=1S/C13H17FN2O/c1-8-3-4-10(9(2)13(8)14)11-7-12(17)16-6-5-15-11/h3-4,11,15H,5-7H2,1-2H3,(H,16,17). The van der Waals surface area contributed by atoms with E-state index in [2.05, 4.69) is 10.6 Å².